The van der Waals surface area contributed by atoms with Crippen molar-refractivity contribution in [3.05, 3.63) is 27.7 Å². The van der Waals surface area contributed by atoms with E-state index in [-0.39, 0.29) is 0 Å². The lowest BCUT2D eigenvalue weighted by Gasteiger charge is -2.07. The van der Waals surface area contributed by atoms with E-state index in [0.29, 0.717) is 28.8 Å². The summed E-state index contributed by atoms with van der Waals surface area (Å²) in [6.45, 7) is 0.568. The third-order valence-corrected chi connectivity index (χ3v) is 2.71. The average molecular weight is 309 g/mol. The first kappa shape index (κ1) is 12.7. The van der Waals surface area contributed by atoms with Crippen molar-refractivity contribution in [3.63, 3.8) is 0 Å². The van der Waals surface area contributed by atoms with E-state index in [1.807, 2.05) is 12.1 Å². The van der Waals surface area contributed by atoms with Crippen molar-refractivity contribution in [1.82, 2.24) is 0 Å². The lowest BCUT2D eigenvalue weighted by atomic mass is 10.3. The Kier molecular flexibility index (Phi) is 5.36. The number of ether oxygens (including phenoxy) is 1. The van der Waals surface area contributed by atoms with Crippen LogP contribution in [0.2, 0.25) is 5.02 Å². The number of nitrogens with two attached hydrogens (primary N) is 1. The van der Waals surface area contributed by atoms with Crippen molar-refractivity contribution in [2.75, 3.05) is 6.61 Å². The Bertz CT molecular complexity index is 359. The summed E-state index contributed by atoms with van der Waals surface area (Å²) in [4.78, 5) is 0.514. The van der Waals surface area contributed by atoms with E-state index in [2.05, 4.69) is 15.9 Å². The maximum atomic E-state index is 5.97. The summed E-state index contributed by atoms with van der Waals surface area (Å²) in [7, 11) is 0. The van der Waals surface area contributed by atoms with Crippen LogP contribution >= 0.6 is 39.7 Å². The molecule has 0 radical (unpaired) electrons. The minimum absolute atomic E-state index is 0.514. The van der Waals surface area contributed by atoms with Gasteiger partial charge in [0, 0.05) is 10.9 Å². The summed E-state index contributed by atoms with van der Waals surface area (Å²) in [6.07, 6.45) is 1.51. The van der Waals surface area contributed by atoms with Crippen molar-refractivity contribution in [2.24, 2.45) is 5.73 Å². The molecule has 0 aromatic heterocycles. The SMILES string of the molecule is NC(=S)CCCOc1ccc(Br)cc1Cl. The van der Waals surface area contributed by atoms with Gasteiger partial charge in [0.25, 0.3) is 0 Å². The molecule has 0 amide bonds. The summed E-state index contributed by atoms with van der Waals surface area (Å²) >= 11 is 14.0. The zero-order valence-electron chi connectivity index (χ0n) is 8.00. The van der Waals surface area contributed by atoms with E-state index in [9.17, 15) is 0 Å². The van der Waals surface area contributed by atoms with Gasteiger partial charge in [0.15, 0.2) is 0 Å². The van der Waals surface area contributed by atoms with Crippen LogP contribution in [0.4, 0.5) is 0 Å². The first-order valence-electron chi connectivity index (χ1n) is 4.46. The van der Waals surface area contributed by atoms with E-state index in [4.69, 9.17) is 34.3 Å². The molecule has 82 valence electrons. The van der Waals surface area contributed by atoms with Gasteiger partial charge in [-0.2, -0.15) is 0 Å². The molecule has 0 saturated heterocycles. The molecular formula is C10H11BrClNOS. The van der Waals surface area contributed by atoms with Crippen molar-refractivity contribution < 1.29 is 4.74 Å². The first-order valence-corrected chi connectivity index (χ1v) is 6.03. The van der Waals surface area contributed by atoms with Gasteiger partial charge in [0.1, 0.15) is 5.75 Å². The second kappa shape index (κ2) is 6.30. The van der Waals surface area contributed by atoms with Crippen LogP contribution in [0.1, 0.15) is 12.8 Å². The highest BCUT2D eigenvalue weighted by Crippen LogP contribution is 2.27. The topological polar surface area (TPSA) is 35.2 Å². The van der Waals surface area contributed by atoms with Crippen LogP contribution in [0.5, 0.6) is 5.75 Å². The minimum atomic E-state index is 0.514. The highest BCUT2D eigenvalue weighted by molar-refractivity contribution is 9.10. The second-order valence-corrected chi connectivity index (χ2v) is 4.84. The number of thiocarbonyl (C=S) groups is 1. The predicted octanol–water partition coefficient (Wildman–Crippen LogP) is 3.55. The van der Waals surface area contributed by atoms with Gasteiger partial charge in [-0.15, -0.1) is 0 Å². The third-order valence-electron chi connectivity index (χ3n) is 1.72. The molecule has 15 heavy (non-hydrogen) atoms. The third kappa shape index (κ3) is 4.82. The second-order valence-electron chi connectivity index (χ2n) is 2.99. The standard InChI is InChI=1S/C10H11BrClNOS/c11-7-3-4-9(8(12)6-7)14-5-1-2-10(13)15/h3-4,6H,1-2,5H2,(H2,13,15). The summed E-state index contributed by atoms with van der Waals surface area (Å²) < 4.78 is 6.41. The highest BCUT2D eigenvalue weighted by atomic mass is 79.9. The van der Waals surface area contributed by atoms with Gasteiger partial charge in [-0.25, -0.2) is 0 Å². The predicted molar refractivity (Wildman–Crippen MR) is 70.7 cm³/mol. The molecular weight excluding hydrogens is 298 g/mol. The fourth-order valence-corrected chi connectivity index (χ4v) is 1.89. The van der Waals surface area contributed by atoms with E-state index in [1.54, 1.807) is 6.07 Å². The average Bonchev–Trinajstić information content (AvgIpc) is 2.14. The normalized spacial score (nSPS) is 10.0. The molecule has 0 aliphatic carbocycles. The number of hydrogen-bond donors (Lipinski definition) is 1. The van der Waals surface area contributed by atoms with Crippen LogP contribution in [-0.4, -0.2) is 11.6 Å². The summed E-state index contributed by atoms with van der Waals surface area (Å²) in [5, 5.41) is 0.597. The Morgan fingerprint density at radius 2 is 2.27 bits per heavy atom. The van der Waals surface area contributed by atoms with Crippen LogP contribution in [-0.2, 0) is 0 Å². The number of hydrogen-bond acceptors (Lipinski definition) is 2. The fraction of sp³-hybridized carbons (Fsp3) is 0.300. The Morgan fingerprint density at radius 3 is 2.87 bits per heavy atom. The molecule has 1 aromatic carbocycles. The maximum Gasteiger partial charge on any atom is 0.137 e. The van der Waals surface area contributed by atoms with Crippen LogP contribution < -0.4 is 10.5 Å². The molecule has 0 heterocycles. The van der Waals surface area contributed by atoms with Crippen molar-refractivity contribution in [3.8, 4) is 5.75 Å². The van der Waals surface area contributed by atoms with Crippen molar-refractivity contribution >= 4 is 44.7 Å². The van der Waals surface area contributed by atoms with E-state index in [1.165, 1.54) is 0 Å². The summed E-state index contributed by atoms with van der Waals surface area (Å²) in [5.41, 5.74) is 5.37. The largest absolute Gasteiger partial charge is 0.492 e. The van der Waals surface area contributed by atoms with Gasteiger partial charge >= 0.3 is 0 Å². The van der Waals surface area contributed by atoms with Crippen LogP contribution in [0.25, 0.3) is 0 Å². The van der Waals surface area contributed by atoms with Crippen molar-refractivity contribution in [1.29, 1.82) is 0 Å². The number of rotatable bonds is 5. The van der Waals surface area contributed by atoms with Crippen LogP contribution in [0.3, 0.4) is 0 Å². The van der Waals surface area contributed by atoms with Crippen LogP contribution in [0.15, 0.2) is 22.7 Å². The van der Waals surface area contributed by atoms with Gasteiger partial charge in [-0.05, 0) is 24.6 Å². The van der Waals surface area contributed by atoms with E-state index in [0.717, 1.165) is 10.9 Å². The van der Waals surface area contributed by atoms with Gasteiger partial charge in [-0.3, -0.25) is 0 Å². The quantitative estimate of drug-likeness (QED) is 0.667. The molecule has 0 fully saturated rings. The molecule has 0 aliphatic heterocycles. The number of benzene rings is 1. The van der Waals surface area contributed by atoms with E-state index >= 15 is 0 Å². The van der Waals surface area contributed by atoms with Gasteiger partial charge in [-0.1, -0.05) is 39.7 Å². The Balaban J connectivity index is 2.40. The molecule has 2 N–H and O–H groups in total. The molecule has 5 heteroatoms. The zero-order chi connectivity index (χ0) is 11.3. The summed E-state index contributed by atoms with van der Waals surface area (Å²) in [5.74, 6) is 0.683. The van der Waals surface area contributed by atoms with Crippen molar-refractivity contribution in [2.45, 2.75) is 12.8 Å². The molecule has 1 aromatic rings. The lowest BCUT2D eigenvalue weighted by Crippen LogP contribution is -2.09. The van der Waals surface area contributed by atoms with E-state index < -0.39 is 0 Å². The molecule has 0 spiro atoms. The first-order chi connectivity index (χ1) is 7.09. The Hall–Kier alpha value is -0.320. The molecule has 0 saturated carbocycles. The van der Waals surface area contributed by atoms with Gasteiger partial charge in [0.05, 0.1) is 16.6 Å². The molecule has 0 unspecified atom stereocenters. The Labute approximate surface area is 108 Å². The minimum Gasteiger partial charge on any atom is -0.492 e. The number of halogens is 2. The lowest BCUT2D eigenvalue weighted by molar-refractivity contribution is 0.314. The zero-order valence-corrected chi connectivity index (χ0v) is 11.2. The maximum absolute atomic E-state index is 5.97. The molecule has 0 aliphatic rings. The van der Waals surface area contributed by atoms with Crippen LogP contribution in [0, 0.1) is 0 Å². The highest BCUT2D eigenvalue weighted by Gasteiger charge is 2.01. The smallest absolute Gasteiger partial charge is 0.137 e. The molecule has 2 nitrogen and oxygen atoms in total. The van der Waals surface area contributed by atoms with Gasteiger partial charge in [0.2, 0.25) is 0 Å². The fourth-order valence-electron chi connectivity index (χ4n) is 1.02. The summed E-state index contributed by atoms with van der Waals surface area (Å²) in [6, 6.07) is 5.51. The molecule has 1 rings (SSSR count). The molecule has 0 atom stereocenters. The monoisotopic (exact) mass is 307 g/mol. The Morgan fingerprint density at radius 1 is 1.53 bits per heavy atom. The van der Waals surface area contributed by atoms with Gasteiger partial charge < -0.3 is 10.5 Å². The molecule has 0 bridgehead atoms.